The maximum Gasteiger partial charge on any atom is 0.136 e. The predicted molar refractivity (Wildman–Crippen MR) is 68.6 cm³/mol. The van der Waals surface area contributed by atoms with Gasteiger partial charge in [-0.15, -0.1) is 6.58 Å². The Morgan fingerprint density at radius 2 is 2.29 bits per heavy atom. The highest BCUT2D eigenvalue weighted by Crippen LogP contribution is 2.23. The zero-order valence-corrected chi connectivity index (χ0v) is 10.6. The molecule has 0 radical (unpaired) electrons. The van der Waals surface area contributed by atoms with E-state index in [-0.39, 0.29) is 17.9 Å². The third-order valence-electron chi connectivity index (χ3n) is 2.99. The molecule has 17 heavy (non-hydrogen) atoms. The summed E-state index contributed by atoms with van der Waals surface area (Å²) in [4.78, 5) is 13.8. The number of carbonyl (C=O) groups is 1. The second-order valence-corrected chi connectivity index (χ2v) is 4.59. The van der Waals surface area contributed by atoms with Crippen molar-refractivity contribution in [3.05, 3.63) is 24.6 Å². The van der Waals surface area contributed by atoms with Gasteiger partial charge in [0.1, 0.15) is 5.78 Å². The number of hydrogen-bond acceptors (Lipinski definition) is 5. The van der Waals surface area contributed by atoms with E-state index in [0.29, 0.717) is 18.5 Å². The summed E-state index contributed by atoms with van der Waals surface area (Å²) >= 11 is 0. The molecule has 1 fully saturated rings. The summed E-state index contributed by atoms with van der Waals surface area (Å²) in [6, 6.07) is 0.115. The molecule has 96 valence electrons. The molecule has 0 aliphatic carbocycles. The van der Waals surface area contributed by atoms with Crippen LogP contribution in [0.3, 0.4) is 0 Å². The summed E-state index contributed by atoms with van der Waals surface area (Å²) in [7, 11) is 1.71. The number of rotatable bonds is 4. The molecule has 2 atom stereocenters. The van der Waals surface area contributed by atoms with Gasteiger partial charge in [0.05, 0.1) is 6.04 Å². The summed E-state index contributed by atoms with van der Waals surface area (Å²) in [6.45, 7) is 6.50. The van der Waals surface area contributed by atoms with Crippen molar-refractivity contribution in [1.82, 2.24) is 9.91 Å². The van der Waals surface area contributed by atoms with Crippen molar-refractivity contribution in [3.8, 4) is 0 Å². The van der Waals surface area contributed by atoms with E-state index in [1.807, 2.05) is 13.0 Å². The third-order valence-corrected chi connectivity index (χ3v) is 2.99. The summed E-state index contributed by atoms with van der Waals surface area (Å²) in [5.41, 5.74) is 6.63. The molecule has 0 saturated carbocycles. The normalized spacial score (nSPS) is 27.0. The van der Waals surface area contributed by atoms with Crippen molar-refractivity contribution in [2.45, 2.75) is 31.8 Å². The number of hydrogen-bond donors (Lipinski definition) is 2. The van der Waals surface area contributed by atoms with Crippen molar-refractivity contribution in [2.24, 2.45) is 11.6 Å². The molecule has 1 heterocycles. The molecule has 1 aliphatic rings. The van der Waals surface area contributed by atoms with Crippen molar-refractivity contribution in [2.75, 3.05) is 13.6 Å². The molecule has 0 aromatic rings. The minimum Gasteiger partial charge on any atom is -0.400 e. The van der Waals surface area contributed by atoms with Gasteiger partial charge in [-0.3, -0.25) is 9.69 Å². The largest absolute Gasteiger partial charge is 0.400 e. The van der Waals surface area contributed by atoms with E-state index in [9.17, 15) is 4.79 Å². The average molecular weight is 238 g/mol. The van der Waals surface area contributed by atoms with E-state index in [2.05, 4.69) is 11.5 Å². The van der Waals surface area contributed by atoms with Crippen molar-refractivity contribution < 1.29 is 4.79 Å². The quantitative estimate of drug-likeness (QED) is 0.416. The van der Waals surface area contributed by atoms with E-state index in [1.165, 1.54) is 5.01 Å². The highest BCUT2D eigenvalue weighted by Gasteiger charge is 2.32. The van der Waals surface area contributed by atoms with E-state index < -0.39 is 0 Å². The Morgan fingerprint density at radius 1 is 1.65 bits per heavy atom. The lowest BCUT2D eigenvalue weighted by molar-refractivity contribution is -0.124. The fraction of sp³-hybridized carbons (Fsp3) is 0.583. The predicted octanol–water partition coefficient (Wildman–Crippen LogP) is 0.200. The second kappa shape index (κ2) is 5.84. The molecule has 0 spiro atoms. The number of Topliss-reactive ketones (excluding diaryl/α,β-unsaturated/α-hetero) is 1. The molecule has 4 N–H and O–H groups in total. The number of ketones is 1. The van der Waals surface area contributed by atoms with Gasteiger partial charge in [-0.1, -0.05) is 6.08 Å². The van der Waals surface area contributed by atoms with Gasteiger partial charge in [-0.2, -0.15) is 0 Å². The lowest BCUT2D eigenvalue weighted by atomic mass is 9.93. The van der Waals surface area contributed by atoms with E-state index in [4.69, 9.17) is 11.6 Å². The van der Waals surface area contributed by atoms with E-state index >= 15 is 0 Å². The van der Waals surface area contributed by atoms with Crippen molar-refractivity contribution in [3.63, 3.8) is 0 Å². The Hall–Kier alpha value is -1.33. The molecule has 5 nitrogen and oxygen atoms in total. The number of carbonyl (C=O) groups excluding carboxylic acids is 1. The molecular formula is C12H22N4O. The van der Waals surface area contributed by atoms with Crippen LogP contribution in [0, 0.1) is 0 Å². The summed E-state index contributed by atoms with van der Waals surface area (Å²) in [6.07, 6.45) is 4.52. The van der Waals surface area contributed by atoms with Crippen LogP contribution in [0.1, 0.15) is 19.8 Å². The first kappa shape index (κ1) is 13.7. The lowest BCUT2D eigenvalue weighted by Gasteiger charge is -2.39. The van der Waals surface area contributed by atoms with Gasteiger partial charge in [0.25, 0.3) is 0 Å². The fourth-order valence-corrected chi connectivity index (χ4v) is 2.26. The Balaban J connectivity index is 2.90. The number of nitrogens with two attached hydrogens (primary N) is 2. The van der Waals surface area contributed by atoms with Gasteiger partial charge in [-0.25, -0.2) is 5.84 Å². The maximum atomic E-state index is 11.6. The first-order valence-corrected chi connectivity index (χ1v) is 5.78. The van der Waals surface area contributed by atoms with Crippen molar-refractivity contribution >= 4 is 5.78 Å². The van der Waals surface area contributed by atoms with Crippen LogP contribution in [0.4, 0.5) is 0 Å². The standard InChI is InChI=1S/C12H22N4O/c1-4-5-16-9(2)6-10(17)7-12(16)11(13)8-15(3)14/h4,8-9,12H,1,5-7,13-14H2,2-3H3/b11-8-/t9?,12-/m0/s1. The van der Waals surface area contributed by atoms with Crippen LogP contribution in [-0.2, 0) is 4.79 Å². The highest BCUT2D eigenvalue weighted by molar-refractivity contribution is 5.81. The van der Waals surface area contributed by atoms with E-state index in [0.717, 1.165) is 6.54 Å². The number of hydrazine groups is 1. The summed E-state index contributed by atoms with van der Waals surface area (Å²) in [5, 5.41) is 1.41. The SMILES string of the molecule is C=CCN1C(C)CC(=O)C[C@H]1/C(N)=C/N(C)N. The van der Waals surface area contributed by atoms with Crippen LogP contribution in [0.15, 0.2) is 24.6 Å². The molecule has 5 heteroatoms. The molecule has 1 rings (SSSR count). The number of likely N-dealkylation sites (tertiary alicyclic amines) is 1. The third kappa shape index (κ3) is 3.57. The molecule has 1 saturated heterocycles. The molecule has 0 aromatic heterocycles. The molecule has 0 bridgehead atoms. The number of piperidine rings is 1. The summed E-state index contributed by atoms with van der Waals surface area (Å²) < 4.78 is 0. The van der Waals surface area contributed by atoms with E-state index in [1.54, 1.807) is 13.2 Å². The van der Waals surface area contributed by atoms with Crippen LogP contribution >= 0.6 is 0 Å². The first-order chi connectivity index (χ1) is 7.95. The Bertz CT molecular complexity index is 324. The molecular weight excluding hydrogens is 216 g/mol. The lowest BCUT2D eigenvalue weighted by Crippen LogP contribution is -2.50. The highest BCUT2D eigenvalue weighted by atomic mass is 16.1. The van der Waals surface area contributed by atoms with Gasteiger partial charge < -0.3 is 10.7 Å². The van der Waals surface area contributed by atoms with Gasteiger partial charge in [0.15, 0.2) is 0 Å². The smallest absolute Gasteiger partial charge is 0.136 e. The van der Waals surface area contributed by atoms with Crippen LogP contribution in [-0.4, -0.2) is 41.4 Å². The van der Waals surface area contributed by atoms with Crippen LogP contribution < -0.4 is 11.6 Å². The van der Waals surface area contributed by atoms with Gasteiger partial charge >= 0.3 is 0 Å². The Kier molecular flexibility index (Phi) is 4.72. The van der Waals surface area contributed by atoms with Crippen LogP contribution in [0.25, 0.3) is 0 Å². The molecule has 0 aromatic carbocycles. The maximum absolute atomic E-state index is 11.6. The molecule has 1 aliphatic heterocycles. The Labute approximate surface area is 103 Å². The average Bonchev–Trinajstić information content (AvgIpc) is 2.20. The van der Waals surface area contributed by atoms with Crippen molar-refractivity contribution in [1.29, 1.82) is 0 Å². The first-order valence-electron chi connectivity index (χ1n) is 5.78. The van der Waals surface area contributed by atoms with Crippen LogP contribution in [0.2, 0.25) is 0 Å². The monoisotopic (exact) mass is 238 g/mol. The zero-order valence-electron chi connectivity index (χ0n) is 10.6. The van der Waals surface area contributed by atoms with Crippen LogP contribution in [0.5, 0.6) is 0 Å². The van der Waals surface area contributed by atoms with Gasteiger partial charge in [-0.05, 0) is 6.92 Å². The van der Waals surface area contributed by atoms with Gasteiger partial charge in [0.2, 0.25) is 0 Å². The number of nitrogens with zero attached hydrogens (tertiary/aromatic N) is 2. The minimum atomic E-state index is -0.0738. The molecule has 0 amide bonds. The second-order valence-electron chi connectivity index (χ2n) is 4.59. The van der Waals surface area contributed by atoms with Gasteiger partial charge in [0, 0.05) is 44.4 Å². The molecule has 1 unspecified atom stereocenters. The minimum absolute atomic E-state index is 0.0738. The topological polar surface area (TPSA) is 75.6 Å². The Morgan fingerprint density at radius 3 is 2.82 bits per heavy atom. The fourth-order valence-electron chi connectivity index (χ4n) is 2.26. The zero-order chi connectivity index (χ0) is 13.0. The summed E-state index contributed by atoms with van der Waals surface area (Å²) in [5.74, 6) is 5.79.